The molecule has 0 nitrogen and oxygen atoms in total. The van der Waals surface area contributed by atoms with E-state index in [4.69, 9.17) is 0 Å². The van der Waals surface area contributed by atoms with Gasteiger partial charge in [-0.25, -0.2) is 0 Å². The Kier molecular flexibility index (Phi) is 1.97. The molecule has 0 heteroatoms. The molecular formula is C16H13. The zero-order valence-corrected chi connectivity index (χ0v) is 9.54. The second-order valence-corrected chi connectivity index (χ2v) is 4.40. The van der Waals surface area contributed by atoms with Crippen LogP contribution in [-0.2, 0) is 0 Å². The van der Waals surface area contributed by atoms with Gasteiger partial charge in [-0.2, -0.15) is 0 Å². The predicted molar refractivity (Wildman–Crippen MR) is 69.8 cm³/mol. The number of rotatable bonds is 0. The van der Waals surface area contributed by atoms with Crippen LogP contribution in [0.3, 0.4) is 0 Å². The Bertz CT molecular complexity index is 677. The van der Waals surface area contributed by atoms with Crippen LogP contribution in [0.2, 0.25) is 0 Å². The summed E-state index contributed by atoms with van der Waals surface area (Å²) in [6.07, 6.45) is 0. The van der Waals surface area contributed by atoms with Crippen LogP contribution in [0.15, 0.2) is 42.5 Å². The molecular weight excluding hydrogens is 192 g/mol. The molecule has 0 N–H and O–H groups in total. The van der Waals surface area contributed by atoms with E-state index < -0.39 is 0 Å². The Morgan fingerprint density at radius 2 is 1.75 bits per heavy atom. The lowest BCUT2D eigenvalue weighted by molar-refractivity contribution is 1.50. The van der Waals surface area contributed by atoms with Gasteiger partial charge in [0.25, 0.3) is 0 Å². The van der Waals surface area contributed by atoms with Crippen molar-refractivity contribution in [1.82, 2.24) is 0 Å². The first-order valence-corrected chi connectivity index (χ1v) is 5.56. The van der Waals surface area contributed by atoms with Crippen molar-refractivity contribution < 1.29 is 0 Å². The zero-order chi connectivity index (χ0) is 11.1. The number of hydrogen-bond acceptors (Lipinski definition) is 0. The van der Waals surface area contributed by atoms with Gasteiger partial charge in [0.15, 0.2) is 0 Å². The van der Waals surface area contributed by atoms with Crippen LogP contribution in [0.1, 0.15) is 11.1 Å². The molecule has 0 aliphatic carbocycles. The first-order valence-electron chi connectivity index (χ1n) is 5.56. The van der Waals surface area contributed by atoms with Gasteiger partial charge < -0.3 is 0 Å². The molecule has 3 aromatic rings. The average molecular weight is 205 g/mol. The van der Waals surface area contributed by atoms with Crippen molar-refractivity contribution in [3.8, 4) is 0 Å². The second-order valence-electron chi connectivity index (χ2n) is 4.40. The predicted octanol–water partition coefficient (Wildman–Crippen LogP) is 4.41. The van der Waals surface area contributed by atoms with Crippen LogP contribution in [0.25, 0.3) is 21.5 Å². The standard InChI is InChI=1S/C16H13/c1-11-6-7-13-10-16-12(2)4-3-5-14(16)9-15(13)8-11/h3-9H,1-2H3. The highest BCUT2D eigenvalue weighted by atomic mass is 14.0. The molecule has 16 heavy (non-hydrogen) atoms. The molecule has 0 bridgehead atoms. The quantitative estimate of drug-likeness (QED) is 0.477. The number of hydrogen-bond donors (Lipinski definition) is 0. The van der Waals surface area contributed by atoms with Crippen molar-refractivity contribution in [1.29, 1.82) is 0 Å². The third-order valence-electron chi connectivity index (χ3n) is 3.08. The van der Waals surface area contributed by atoms with Crippen molar-refractivity contribution in [2.24, 2.45) is 0 Å². The molecule has 1 radical (unpaired) electrons. The van der Waals surface area contributed by atoms with Gasteiger partial charge in [-0.05, 0) is 53.1 Å². The van der Waals surface area contributed by atoms with Gasteiger partial charge in [-0.3, -0.25) is 0 Å². The summed E-state index contributed by atoms with van der Waals surface area (Å²) in [6, 6.07) is 18.7. The van der Waals surface area contributed by atoms with E-state index >= 15 is 0 Å². The Labute approximate surface area is 95.5 Å². The first-order chi connectivity index (χ1) is 7.74. The Morgan fingerprint density at radius 1 is 0.875 bits per heavy atom. The summed E-state index contributed by atoms with van der Waals surface area (Å²) in [5, 5.41) is 4.99. The number of aryl methyl sites for hydroxylation is 2. The summed E-state index contributed by atoms with van der Waals surface area (Å²) in [5.41, 5.74) is 2.59. The molecule has 0 saturated heterocycles. The normalized spacial score (nSPS) is 11.1. The molecule has 0 heterocycles. The molecule has 0 unspecified atom stereocenters. The molecule has 0 aliphatic rings. The van der Waals surface area contributed by atoms with Gasteiger partial charge in [0.1, 0.15) is 0 Å². The fraction of sp³-hybridized carbons (Fsp3) is 0.125. The SMILES string of the molecule is Cc1ccc2[c]c3c(C)cccc3cc2c1. The van der Waals surface area contributed by atoms with Crippen molar-refractivity contribution in [2.45, 2.75) is 13.8 Å². The van der Waals surface area contributed by atoms with E-state index in [1.807, 2.05) is 0 Å². The van der Waals surface area contributed by atoms with Crippen molar-refractivity contribution in [2.75, 3.05) is 0 Å². The van der Waals surface area contributed by atoms with Crippen molar-refractivity contribution in [3.63, 3.8) is 0 Å². The second kappa shape index (κ2) is 3.34. The fourth-order valence-corrected chi connectivity index (χ4v) is 2.20. The Hall–Kier alpha value is -1.82. The number of fused-ring (bicyclic) bond motifs is 2. The molecule has 0 spiro atoms. The van der Waals surface area contributed by atoms with E-state index in [9.17, 15) is 0 Å². The van der Waals surface area contributed by atoms with Crippen LogP contribution < -0.4 is 0 Å². The van der Waals surface area contributed by atoms with Gasteiger partial charge in [-0.1, -0.05) is 42.0 Å². The summed E-state index contributed by atoms with van der Waals surface area (Å²) in [5.74, 6) is 0. The van der Waals surface area contributed by atoms with Crippen LogP contribution in [0.5, 0.6) is 0 Å². The molecule has 0 saturated carbocycles. The minimum Gasteiger partial charge on any atom is -0.0614 e. The smallest absolute Gasteiger partial charge is 0.00116 e. The molecule has 3 aromatic carbocycles. The highest BCUT2D eigenvalue weighted by Gasteiger charge is 2.00. The monoisotopic (exact) mass is 205 g/mol. The third-order valence-corrected chi connectivity index (χ3v) is 3.08. The molecule has 77 valence electrons. The highest BCUT2D eigenvalue weighted by molar-refractivity contribution is 5.98. The van der Waals surface area contributed by atoms with E-state index in [2.05, 4.69) is 62.4 Å². The van der Waals surface area contributed by atoms with Gasteiger partial charge in [0.2, 0.25) is 0 Å². The van der Waals surface area contributed by atoms with Crippen LogP contribution >= 0.6 is 0 Å². The lowest BCUT2D eigenvalue weighted by Crippen LogP contribution is -1.81. The van der Waals surface area contributed by atoms with Gasteiger partial charge >= 0.3 is 0 Å². The summed E-state index contributed by atoms with van der Waals surface area (Å²) in [4.78, 5) is 0. The van der Waals surface area contributed by atoms with Crippen LogP contribution in [0, 0.1) is 19.9 Å². The Balaban J connectivity index is 2.49. The first kappa shape index (κ1) is 9.41. The average Bonchev–Trinajstić information content (AvgIpc) is 2.27. The van der Waals surface area contributed by atoms with Crippen molar-refractivity contribution in [3.05, 3.63) is 59.7 Å². The van der Waals surface area contributed by atoms with E-state index in [1.54, 1.807) is 0 Å². The lowest BCUT2D eigenvalue weighted by atomic mass is 9.99. The van der Waals surface area contributed by atoms with E-state index in [0.717, 1.165) is 0 Å². The fourth-order valence-electron chi connectivity index (χ4n) is 2.20. The van der Waals surface area contributed by atoms with E-state index in [0.29, 0.717) is 0 Å². The molecule has 3 rings (SSSR count). The summed E-state index contributed by atoms with van der Waals surface area (Å²) >= 11 is 0. The maximum Gasteiger partial charge on any atom is -0.00116 e. The summed E-state index contributed by atoms with van der Waals surface area (Å²) in [6.45, 7) is 4.26. The minimum atomic E-state index is 1.20. The topological polar surface area (TPSA) is 0 Å². The van der Waals surface area contributed by atoms with Gasteiger partial charge in [0, 0.05) is 0 Å². The molecule has 0 fully saturated rings. The lowest BCUT2D eigenvalue weighted by Gasteiger charge is -2.05. The van der Waals surface area contributed by atoms with Gasteiger partial charge in [-0.15, -0.1) is 0 Å². The maximum atomic E-state index is 3.50. The van der Waals surface area contributed by atoms with Crippen molar-refractivity contribution >= 4 is 21.5 Å². The summed E-state index contributed by atoms with van der Waals surface area (Å²) < 4.78 is 0. The Morgan fingerprint density at radius 3 is 2.62 bits per heavy atom. The molecule has 0 aliphatic heterocycles. The van der Waals surface area contributed by atoms with Crippen LogP contribution in [-0.4, -0.2) is 0 Å². The van der Waals surface area contributed by atoms with Gasteiger partial charge in [0.05, 0.1) is 0 Å². The molecule has 0 aromatic heterocycles. The highest BCUT2D eigenvalue weighted by Crippen LogP contribution is 2.25. The molecule has 0 amide bonds. The van der Waals surface area contributed by atoms with E-state index in [1.165, 1.54) is 32.7 Å². The zero-order valence-electron chi connectivity index (χ0n) is 9.54. The minimum absolute atomic E-state index is 1.20. The largest absolute Gasteiger partial charge is 0.0614 e. The maximum absolute atomic E-state index is 3.50. The molecule has 0 atom stereocenters. The number of benzene rings is 3. The van der Waals surface area contributed by atoms with Crippen LogP contribution in [0.4, 0.5) is 0 Å². The summed E-state index contributed by atoms with van der Waals surface area (Å²) in [7, 11) is 0. The van der Waals surface area contributed by atoms with E-state index in [-0.39, 0.29) is 0 Å². The third kappa shape index (κ3) is 1.38.